The van der Waals surface area contributed by atoms with Crippen LogP contribution in [0.5, 0.6) is 0 Å². The van der Waals surface area contributed by atoms with Gasteiger partial charge in [0.1, 0.15) is 11.6 Å². The van der Waals surface area contributed by atoms with Crippen molar-refractivity contribution in [1.29, 1.82) is 0 Å². The monoisotopic (exact) mass is 383 g/mol. The number of rotatable bonds is 7. The van der Waals surface area contributed by atoms with Crippen LogP contribution < -0.4 is 0 Å². The van der Waals surface area contributed by atoms with E-state index in [1.807, 2.05) is 0 Å². The van der Waals surface area contributed by atoms with Crippen LogP contribution in [0.4, 0.5) is 4.39 Å². The lowest BCUT2D eigenvalue weighted by Gasteiger charge is -2.26. The van der Waals surface area contributed by atoms with Crippen molar-refractivity contribution in [2.24, 2.45) is 0 Å². The van der Waals surface area contributed by atoms with E-state index in [9.17, 15) is 14.0 Å². The molecule has 1 aliphatic carbocycles. The predicted molar refractivity (Wildman–Crippen MR) is 102 cm³/mol. The van der Waals surface area contributed by atoms with Gasteiger partial charge >= 0.3 is 5.97 Å². The molecule has 0 fully saturated rings. The van der Waals surface area contributed by atoms with E-state index in [0.717, 1.165) is 31.4 Å². The zero-order chi connectivity index (χ0) is 19.8. The lowest BCUT2D eigenvalue weighted by Crippen LogP contribution is -2.34. The minimum atomic E-state index is -0.659. The van der Waals surface area contributed by atoms with E-state index in [2.05, 4.69) is 6.08 Å². The van der Waals surface area contributed by atoms with Gasteiger partial charge in [-0.15, -0.1) is 0 Å². The van der Waals surface area contributed by atoms with E-state index in [-0.39, 0.29) is 18.3 Å². The van der Waals surface area contributed by atoms with Crippen LogP contribution in [0.2, 0.25) is 0 Å². The molecule has 1 aliphatic rings. The summed E-state index contributed by atoms with van der Waals surface area (Å²) in [6.45, 7) is -0.0707. The Kier molecular flexibility index (Phi) is 6.78. The lowest BCUT2D eigenvalue weighted by molar-refractivity contribution is -0.147. The molecule has 0 N–H and O–H groups in total. The Morgan fingerprint density at radius 1 is 1.21 bits per heavy atom. The average molecular weight is 383 g/mol. The highest BCUT2D eigenvalue weighted by atomic mass is 19.1. The Labute approximate surface area is 163 Å². The normalized spacial score (nSPS) is 14.0. The highest BCUT2D eigenvalue weighted by Gasteiger charge is 2.21. The zero-order valence-corrected chi connectivity index (χ0v) is 15.5. The second-order valence-corrected chi connectivity index (χ2v) is 6.50. The number of nitrogens with zero attached hydrogens (tertiary/aromatic N) is 1. The Balaban J connectivity index is 1.59. The first-order valence-electron chi connectivity index (χ1n) is 9.24. The highest BCUT2D eigenvalue weighted by Crippen LogP contribution is 2.23. The van der Waals surface area contributed by atoms with Crippen LogP contribution in [0.3, 0.4) is 0 Å². The van der Waals surface area contributed by atoms with Gasteiger partial charge in [-0.05, 0) is 61.6 Å². The van der Waals surface area contributed by atoms with E-state index >= 15 is 0 Å². The lowest BCUT2D eigenvalue weighted by atomic mass is 10.0. The van der Waals surface area contributed by atoms with Gasteiger partial charge in [-0.2, -0.15) is 0 Å². The van der Waals surface area contributed by atoms with Gasteiger partial charge in [0.25, 0.3) is 5.91 Å². The summed E-state index contributed by atoms with van der Waals surface area (Å²) in [6.07, 6.45) is 10.1. The fourth-order valence-electron chi connectivity index (χ4n) is 3.01. The molecule has 0 saturated heterocycles. The zero-order valence-electron chi connectivity index (χ0n) is 15.5. The van der Waals surface area contributed by atoms with Gasteiger partial charge in [-0.25, -0.2) is 9.18 Å². The maximum Gasteiger partial charge on any atom is 0.331 e. The summed E-state index contributed by atoms with van der Waals surface area (Å²) >= 11 is 0. The molecule has 5 nitrogen and oxygen atoms in total. The minimum Gasteiger partial charge on any atom is -0.467 e. The summed E-state index contributed by atoms with van der Waals surface area (Å²) in [4.78, 5) is 26.2. The number of benzene rings is 1. The van der Waals surface area contributed by atoms with Gasteiger partial charge in [-0.3, -0.25) is 4.79 Å². The Hall–Kier alpha value is -3.15. The summed E-state index contributed by atoms with van der Waals surface area (Å²) in [5.74, 6) is -0.692. The third kappa shape index (κ3) is 5.67. The molecule has 1 aromatic heterocycles. The Morgan fingerprint density at radius 3 is 2.82 bits per heavy atom. The van der Waals surface area contributed by atoms with Crippen LogP contribution in [0, 0.1) is 5.82 Å². The third-order valence-electron chi connectivity index (χ3n) is 4.41. The summed E-state index contributed by atoms with van der Waals surface area (Å²) < 4.78 is 23.6. The van der Waals surface area contributed by atoms with E-state index in [1.54, 1.807) is 35.4 Å². The topological polar surface area (TPSA) is 59.8 Å². The molecule has 146 valence electrons. The smallest absolute Gasteiger partial charge is 0.331 e. The van der Waals surface area contributed by atoms with Crippen molar-refractivity contribution >= 4 is 18.0 Å². The van der Waals surface area contributed by atoms with E-state index in [0.29, 0.717) is 17.9 Å². The summed E-state index contributed by atoms with van der Waals surface area (Å²) in [6, 6.07) is 9.41. The van der Waals surface area contributed by atoms with Crippen molar-refractivity contribution in [1.82, 2.24) is 4.90 Å². The second-order valence-electron chi connectivity index (χ2n) is 6.50. The van der Waals surface area contributed by atoms with E-state index < -0.39 is 5.97 Å². The van der Waals surface area contributed by atoms with Gasteiger partial charge in [0.15, 0.2) is 6.61 Å². The Morgan fingerprint density at radius 2 is 2.11 bits per heavy atom. The highest BCUT2D eigenvalue weighted by molar-refractivity contribution is 5.89. The molecule has 0 spiro atoms. The number of carbonyl (C=O) groups excluding carboxylic acids is 2. The first kappa shape index (κ1) is 19.6. The van der Waals surface area contributed by atoms with Crippen LogP contribution in [0.25, 0.3) is 6.08 Å². The maximum absolute atomic E-state index is 13.2. The molecule has 1 amide bonds. The molecule has 0 saturated carbocycles. The largest absolute Gasteiger partial charge is 0.467 e. The van der Waals surface area contributed by atoms with Gasteiger partial charge in [-0.1, -0.05) is 18.2 Å². The molecule has 0 aliphatic heterocycles. The van der Waals surface area contributed by atoms with Crippen molar-refractivity contribution < 1.29 is 23.1 Å². The predicted octanol–water partition coefficient (Wildman–Crippen LogP) is 4.46. The number of hydrogen-bond donors (Lipinski definition) is 0. The molecular formula is C22H22FNO4. The molecular weight excluding hydrogens is 361 g/mol. The molecule has 1 aromatic carbocycles. The van der Waals surface area contributed by atoms with Crippen molar-refractivity contribution in [2.45, 2.75) is 32.2 Å². The average Bonchev–Trinajstić information content (AvgIpc) is 3.23. The second kappa shape index (κ2) is 9.69. The van der Waals surface area contributed by atoms with Crippen LogP contribution in [0.15, 0.2) is 64.9 Å². The molecule has 28 heavy (non-hydrogen) atoms. The number of allylic oxidation sites excluding steroid dienone is 2. The van der Waals surface area contributed by atoms with E-state index in [4.69, 9.17) is 9.15 Å². The van der Waals surface area contributed by atoms with Gasteiger partial charge < -0.3 is 14.1 Å². The first-order chi connectivity index (χ1) is 13.6. The number of hydrogen-bond acceptors (Lipinski definition) is 4. The fourth-order valence-corrected chi connectivity index (χ4v) is 3.01. The van der Waals surface area contributed by atoms with Crippen molar-refractivity contribution in [3.63, 3.8) is 0 Å². The number of furan rings is 1. The molecule has 0 bridgehead atoms. The standard InChI is InChI=1S/C22H22FNO4/c23-18-7-4-6-17(14-18)11-12-22(26)28-16-21(25)24(15-20-10-5-13-27-20)19-8-2-1-3-9-19/h4-8,10-14H,1-3,9,15-16H2/b12-11+. The van der Waals surface area contributed by atoms with Gasteiger partial charge in [0.05, 0.1) is 12.8 Å². The van der Waals surface area contributed by atoms with Gasteiger partial charge in [0, 0.05) is 11.8 Å². The number of esters is 1. The minimum absolute atomic E-state index is 0.300. The molecule has 0 unspecified atom stereocenters. The summed E-state index contributed by atoms with van der Waals surface area (Å²) in [5.41, 5.74) is 1.47. The summed E-state index contributed by atoms with van der Waals surface area (Å²) in [5, 5.41) is 0. The van der Waals surface area contributed by atoms with E-state index in [1.165, 1.54) is 24.3 Å². The maximum atomic E-state index is 13.2. The molecule has 0 radical (unpaired) electrons. The van der Waals surface area contributed by atoms with Crippen LogP contribution in [-0.2, 0) is 20.9 Å². The first-order valence-corrected chi connectivity index (χ1v) is 9.24. The van der Waals surface area contributed by atoms with Crippen LogP contribution in [0.1, 0.15) is 37.0 Å². The SMILES string of the molecule is O=C(/C=C/c1cccc(F)c1)OCC(=O)N(Cc1ccco1)C1=CCCCC1. The van der Waals surface area contributed by atoms with Crippen molar-refractivity contribution in [3.05, 3.63) is 77.7 Å². The molecule has 2 aromatic rings. The molecule has 3 rings (SSSR count). The number of ether oxygens (including phenoxy) is 1. The molecule has 1 heterocycles. The van der Waals surface area contributed by atoms with Crippen LogP contribution >= 0.6 is 0 Å². The number of amides is 1. The van der Waals surface area contributed by atoms with Crippen LogP contribution in [-0.4, -0.2) is 23.4 Å². The molecule has 0 atom stereocenters. The number of halogens is 1. The third-order valence-corrected chi connectivity index (χ3v) is 4.41. The quantitative estimate of drug-likeness (QED) is 0.523. The number of carbonyl (C=O) groups is 2. The molecule has 6 heteroatoms. The van der Waals surface area contributed by atoms with Gasteiger partial charge in [0.2, 0.25) is 0 Å². The fraction of sp³-hybridized carbons (Fsp3) is 0.273. The van der Waals surface area contributed by atoms with Crippen molar-refractivity contribution in [2.75, 3.05) is 6.61 Å². The van der Waals surface area contributed by atoms with Crippen molar-refractivity contribution in [3.8, 4) is 0 Å². The summed E-state index contributed by atoms with van der Waals surface area (Å²) in [7, 11) is 0. The Bertz CT molecular complexity index is 870.